The molecule has 5 rings (SSSR count). The number of piperazine rings is 1. The lowest BCUT2D eigenvalue weighted by molar-refractivity contribution is 0.194. The molecule has 32 heavy (non-hydrogen) atoms. The van der Waals surface area contributed by atoms with E-state index in [0.717, 1.165) is 37.7 Å². The summed E-state index contributed by atoms with van der Waals surface area (Å²) in [5.41, 5.74) is 2.30. The van der Waals surface area contributed by atoms with Crippen LogP contribution in [0.4, 0.5) is 5.69 Å². The van der Waals surface area contributed by atoms with Crippen molar-refractivity contribution in [2.75, 3.05) is 31.1 Å². The number of phenols is 1. The van der Waals surface area contributed by atoms with Crippen molar-refractivity contribution >= 4 is 17.9 Å². The Labute approximate surface area is 191 Å². The molecule has 1 aliphatic heterocycles. The van der Waals surface area contributed by atoms with Gasteiger partial charge in [-0.05, 0) is 54.2 Å². The zero-order valence-corrected chi connectivity index (χ0v) is 18.5. The monoisotopic (exact) mass is 447 g/mol. The van der Waals surface area contributed by atoms with Crippen molar-refractivity contribution < 1.29 is 9.52 Å². The predicted molar refractivity (Wildman–Crippen MR) is 126 cm³/mol. The van der Waals surface area contributed by atoms with E-state index in [1.54, 1.807) is 18.4 Å². The van der Waals surface area contributed by atoms with Gasteiger partial charge in [0.15, 0.2) is 16.4 Å². The van der Waals surface area contributed by atoms with E-state index in [1.165, 1.54) is 5.56 Å². The van der Waals surface area contributed by atoms with E-state index in [9.17, 15) is 5.11 Å². The van der Waals surface area contributed by atoms with Gasteiger partial charge in [-0.25, -0.2) is 4.68 Å². The van der Waals surface area contributed by atoms with Crippen LogP contribution >= 0.6 is 12.2 Å². The molecule has 8 heteroatoms. The molecule has 1 fully saturated rings. The number of furan rings is 1. The molecule has 1 aliphatic rings. The van der Waals surface area contributed by atoms with Crippen LogP contribution in [-0.2, 0) is 13.2 Å². The molecule has 0 amide bonds. The molecule has 0 radical (unpaired) electrons. The normalized spacial score (nSPS) is 14.7. The van der Waals surface area contributed by atoms with Crippen molar-refractivity contribution in [3.8, 4) is 17.3 Å². The summed E-state index contributed by atoms with van der Waals surface area (Å²) in [4.78, 5) is 4.69. The van der Waals surface area contributed by atoms with E-state index in [1.807, 2.05) is 51.7 Å². The van der Waals surface area contributed by atoms with Gasteiger partial charge in [-0.1, -0.05) is 30.3 Å². The lowest BCUT2D eigenvalue weighted by atomic mass is 10.2. The largest absolute Gasteiger partial charge is 0.508 e. The summed E-state index contributed by atoms with van der Waals surface area (Å²) in [6.45, 7) is 4.92. The average Bonchev–Trinajstić information content (AvgIpc) is 3.45. The fourth-order valence-electron chi connectivity index (χ4n) is 4.03. The molecule has 7 nitrogen and oxygen atoms in total. The summed E-state index contributed by atoms with van der Waals surface area (Å²) in [6.07, 6.45) is 1.66. The summed E-state index contributed by atoms with van der Waals surface area (Å²) < 4.78 is 10.3. The third kappa shape index (κ3) is 4.32. The molecule has 164 valence electrons. The minimum absolute atomic E-state index is 0.292. The number of hydrogen-bond acceptors (Lipinski definition) is 6. The lowest BCUT2D eigenvalue weighted by Gasteiger charge is -2.35. The molecule has 0 atom stereocenters. The Balaban J connectivity index is 1.33. The Bertz CT molecular complexity index is 1210. The zero-order valence-electron chi connectivity index (χ0n) is 17.7. The maximum atomic E-state index is 9.52. The highest BCUT2D eigenvalue weighted by Crippen LogP contribution is 2.22. The molecule has 2 aromatic carbocycles. The van der Waals surface area contributed by atoms with Crippen LogP contribution in [0.5, 0.6) is 5.75 Å². The Hall–Kier alpha value is -3.36. The van der Waals surface area contributed by atoms with E-state index in [4.69, 9.17) is 21.7 Å². The second kappa shape index (κ2) is 9.02. The highest BCUT2D eigenvalue weighted by atomic mass is 32.1. The third-order valence-electron chi connectivity index (χ3n) is 5.77. The van der Waals surface area contributed by atoms with E-state index in [2.05, 4.69) is 21.9 Å². The first-order valence-corrected chi connectivity index (χ1v) is 11.1. The summed E-state index contributed by atoms with van der Waals surface area (Å²) in [6, 6.07) is 21.4. The quantitative estimate of drug-likeness (QED) is 0.447. The maximum Gasteiger partial charge on any atom is 0.199 e. The van der Waals surface area contributed by atoms with Gasteiger partial charge >= 0.3 is 0 Å². The summed E-state index contributed by atoms with van der Waals surface area (Å²) in [5, 5.41) is 14.3. The lowest BCUT2D eigenvalue weighted by Crippen LogP contribution is -2.47. The molecule has 1 saturated heterocycles. The van der Waals surface area contributed by atoms with Crippen LogP contribution in [0.15, 0.2) is 77.4 Å². The Kier molecular flexibility index (Phi) is 5.79. The van der Waals surface area contributed by atoms with Gasteiger partial charge in [-0.3, -0.25) is 9.47 Å². The van der Waals surface area contributed by atoms with Gasteiger partial charge in [0.2, 0.25) is 0 Å². The number of aromatic hydroxyl groups is 1. The molecule has 4 aromatic rings. The SMILES string of the molecule is Oc1ccc(N2CCN(Cn3nc(-c4ccco4)n(Cc4ccccc4)c3=S)CC2)cc1. The fraction of sp³-hybridized carbons (Fsp3) is 0.250. The van der Waals surface area contributed by atoms with Gasteiger partial charge in [0.25, 0.3) is 0 Å². The first-order chi connectivity index (χ1) is 15.7. The van der Waals surface area contributed by atoms with Crippen LogP contribution in [0.25, 0.3) is 11.6 Å². The summed E-state index contributed by atoms with van der Waals surface area (Å²) >= 11 is 5.83. The van der Waals surface area contributed by atoms with Crippen molar-refractivity contribution in [3.05, 3.63) is 83.3 Å². The standard InChI is InChI=1S/C24H25N5O2S/c30-21-10-8-20(9-11-21)27-14-12-26(13-15-27)18-29-24(32)28(17-19-5-2-1-3-6-19)23(25-29)22-7-4-16-31-22/h1-11,16,30H,12-15,17-18H2. The van der Waals surface area contributed by atoms with Crippen molar-refractivity contribution in [3.63, 3.8) is 0 Å². The minimum Gasteiger partial charge on any atom is -0.508 e. The van der Waals surface area contributed by atoms with Crippen LogP contribution in [0.2, 0.25) is 0 Å². The summed E-state index contributed by atoms with van der Waals surface area (Å²) in [7, 11) is 0. The molecule has 2 aromatic heterocycles. The molecule has 1 N–H and O–H groups in total. The number of anilines is 1. The molecule has 0 aliphatic carbocycles. The number of nitrogens with zero attached hydrogens (tertiary/aromatic N) is 5. The fourth-order valence-corrected chi connectivity index (χ4v) is 4.28. The minimum atomic E-state index is 0.292. The van der Waals surface area contributed by atoms with Gasteiger partial charge in [-0.2, -0.15) is 0 Å². The van der Waals surface area contributed by atoms with Crippen molar-refractivity contribution in [1.82, 2.24) is 19.2 Å². The molecule has 0 saturated carbocycles. The van der Waals surface area contributed by atoms with Crippen molar-refractivity contribution in [1.29, 1.82) is 0 Å². The van der Waals surface area contributed by atoms with Crippen LogP contribution in [-0.4, -0.2) is 50.5 Å². The van der Waals surface area contributed by atoms with E-state index < -0.39 is 0 Å². The summed E-state index contributed by atoms with van der Waals surface area (Å²) in [5.74, 6) is 1.75. The van der Waals surface area contributed by atoms with Gasteiger partial charge in [0.1, 0.15) is 5.75 Å². The molecule has 0 bridgehead atoms. The Morgan fingerprint density at radius 1 is 0.906 bits per heavy atom. The number of rotatable bonds is 6. The highest BCUT2D eigenvalue weighted by Gasteiger charge is 2.21. The van der Waals surface area contributed by atoms with Gasteiger partial charge < -0.3 is 14.4 Å². The van der Waals surface area contributed by atoms with Crippen molar-refractivity contribution in [2.45, 2.75) is 13.2 Å². The molecule has 0 unspecified atom stereocenters. The van der Waals surface area contributed by atoms with Crippen LogP contribution in [0.1, 0.15) is 5.56 Å². The second-order valence-electron chi connectivity index (χ2n) is 7.92. The first kappa shape index (κ1) is 20.5. The number of hydrogen-bond donors (Lipinski definition) is 1. The van der Waals surface area contributed by atoms with E-state index in [-0.39, 0.29) is 0 Å². The average molecular weight is 448 g/mol. The van der Waals surface area contributed by atoms with Crippen LogP contribution < -0.4 is 4.90 Å². The smallest absolute Gasteiger partial charge is 0.199 e. The number of phenolic OH excluding ortho intramolecular Hbond substituents is 1. The Morgan fingerprint density at radius 3 is 2.34 bits per heavy atom. The zero-order chi connectivity index (χ0) is 21.9. The topological polar surface area (TPSA) is 62.6 Å². The van der Waals surface area contributed by atoms with Gasteiger partial charge in [0.05, 0.1) is 19.5 Å². The maximum absolute atomic E-state index is 9.52. The molecule has 3 heterocycles. The third-order valence-corrected chi connectivity index (χ3v) is 6.20. The van der Waals surface area contributed by atoms with Crippen molar-refractivity contribution in [2.24, 2.45) is 0 Å². The van der Waals surface area contributed by atoms with Gasteiger partial charge in [0, 0.05) is 31.9 Å². The van der Waals surface area contributed by atoms with E-state index in [0.29, 0.717) is 29.5 Å². The number of aromatic nitrogens is 3. The van der Waals surface area contributed by atoms with Crippen LogP contribution in [0, 0.1) is 4.77 Å². The molecule has 0 spiro atoms. The highest BCUT2D eigenvalue weighted by molar-refractivity contribution is 7.71. The second-order valence-corrected chi connectivity index (χ2v) is 8.28. The van der Waals surface area contributed by atoms with Gasteiger partial charge in [-0.15, -0.1) is 5.10 Å². The Morgan fingerprint density at radius 2 is 1.66 bits per heavy atom. The predicted octanol–water partition coefficient (Wildman–Crippen LogP) is 4.21. The molecular formula is C24H25N5O2S. The first-order valence-electron chi connectivity index (χ1n) is 10.7. The van der Waals surface area contributed by atoms with E-state index >= 15 is 0 Å². The number of benzene rings is 2. The molecular weight excluding hydrogens is 422 g/mol. The van der Waals surface area contributed by atoms with Crippen LogP contribution in [0.3, 0.4) is 0 Å².